The molecule has 18 heavy (non-hydrogen) atoms. The fourth-order valence-electron chi connectivity index (χ4n) is 1.54. The van der Waals surface area contributed by atoms with Gasteiger partial charge in [0.05, 0.1) is 11.2 Å². The molecule has 1 heterocycles. The molecule has 6 heteroatoms. The summed E-state index contributed by atoms with van der Waals surface area (Å²) in [7, 11) is 0. The predicted molar refractivity (Wildman–Crippen MR) is 72.1 cm³/mol. The number of likely N-dealkylation sites (N-methyl/N-ethyl adjacent to an activating group) is 1. The number of carbonyl (C=O) groups is 1. The summed E-state index contributed by atoms with van der Waals surface area (Å²) in [4.78, 5) is 17.6. The first-order valence-corrected chi connectivity index (χ1v) is 6.34. The van der Waals surface area contributed by atoms with E-state index in [0.717, 1.165) is 0 Å². The molecule has 1 aromatic rings. The van der Waals surface area contributed by atoms with Gasteiger partial charge >= 0.3 is 0 Å². The third-order valence-corrected chi connectivity index (χ3v) is 2.79. The predicted octanol–water partition coefficient (Wildman–Crippen LogP) is 2.62. The molecule has 0 aliphatic carbocycles. The lowest BCUT2D eigenvalue weighted by Gasteiger charge is -2.28. The second-order valence-corrected chi connectivity index (χ2v) is 5.35. The minimum Gasteiger partial charge on any atom is -0.389 e. The van der Waals surface area contributed by atoms with Gasteiger partial charge in [-0.05, 0) is 32.9 Å². The zero-order chi connectivity index (χ0) is 13.9. The first-order chi connectivity index (χ1) is 8.24. The summed E-state index contributed by atoms with van der Waals surface area (Å²) in [6.07, 6.45) is 0. The van der Waals surface area contributed by atoms with Crippen molar-refractivity contribution in [2.75, 3.05) is 13.1 Å². The highest BCUT2D eigenvalue weighted by atomic mass is 35.5. The van der Waals surface area contributed by atoms with Gasteiger partial charge in [-0.15, -0.1) is 0 Å². The van der Waals surface area contributed by atoms with E-state index in [-0.39, 0.29) is 28.3 Å². The molecule has 1 amide bonds. The van der Waals surface area contributed by atoms with Crippen molar-refractivity contribution in [3.05, 3.63) is 28.0 Å². The van der Waals surface area contributed by atoms with Crippen molar-refractivity contribution in [3.63, 3.8) is 0 Å². The Hall–Kier alpha value is -0.840. The zero-order valence-electron chi connectivity index (χ0n) is 10.6. The topological polar surface area (TPSA) is 53.4 Å². The molecule has 1 N–H and O–H groups in total. The van der Waals surface area contributed by atoms with Crippen LogP contribution in [0.4, 0.5) is 0 Å². The van der Waals surface area contributed by atoms with Crippen LogP contribution in [0, 0.1) is 0 Å². The van der Waals surface area contributed by atoms with Crippen molar-refractivity contribution < 1.29 is 9.90 Å². The maximum Gasteiger partial charge on any atom is 0.257 e. The summed E-state index contributed by atoms with van der Waals surface area (Å²) in [5, 5.41) is 10.1. The summed E-state index contributed by atoms with van der Waals surface area (Å²) in [6.45, 7) is 5.82. The Kier molecular flexibility index (Phi) is 4.96. The Labute approximate surface area is 117 Å². The third kappa shape index (κ3) is 4.12. The number of rotatable bonds is 4. The fourth-order valence-corrected chi connectivity index (χ4v) is 1.96. The van der Waals surface area contributed by atoms with E-state index < -0.39 is 5.60 Å². The molecule has 0 unspecified atom stereocenters. The smallest absolute Gasteiger partial charge is 0.257 e. The highest BCUT2D eigenvalue weighted by Gasteiger charge is 2.24. The van der Waals surface area contributed by atoms with Gasteiger partial charge in [-0.25, -0.2) is 4.98 Å². The number of hydrogen-bond acceptors (Lipinski definition) is 3. The average Bonchev–Trinajstić information content (AvgIpc) is 2.24. The van der Waals surface area contributed by atoms with E-state index in [4.69, 9.17) is 23.2 Å². The van der Waals surface area contributed by atoms with Crippen molar-refractivity contribution in [1.82, 2.24) is 9.88 Å². The van der Waals surface area contributed by atoms with Crippen molar-refractivity contribution in [1.29, 1.82) is 0 Å². The van der Waals surface area contributed by atoms with Gasteiger partial charge in [0.25, 0.3) is 5.91 Å². The highest BCUT2D eigenvalue weighted by molar-refractivity contribution is 6.34. The van der Waals surface area contributed by atoms with E-state index in [2.05, 4.69) is 4.98 Å². The van der Waals surface area contributed by atoms with Crippen LogP contribution >= 0.6 is 23.2 Å². The van der Waals surface area contributed by atoms with Gasteiger partial charge in [0.15, 0.2) is 0 Å². The standard InChI is InChI=1S/C12H16Cl2N2O2/c1-4-16(7-12(2,3)18)11(17)8-5-6-9(13)15-10(8)14/h5-6,18H,4,7H2,1-3H3. The van der Waals surface area contributed by atoms with E-state index in [1.807, 2.05) is 6.92 Å². The Morgan fingerprint density at radius 2 is 2.06 bits per heavy atom. The Morgan fingerprint density at radius 3 is 2.50 bits per heavy atom. The molecular formula is C12H16Cl2N2O2. The van der Waals surface area contributed by atoms with Crippen LogP contribution in [0.2, 0.25) is 10.3 Å². The van der Waals surface area contributed by atoms with Gasteiger partial charge in [-0.1, -0.05) is 23.2 Å². The molecule has 0 spiro atoms. The summed E-state index contributed by atoms with van der Waals surface area (Å²) in [6, 6.07) is 3.05. The summed E-state index contributed by atoms with van der Waals surface area (Å²) < 4.78 is 0. The van der Waals surface area contributed by atoms with Gasteiger partial charge in [0, 0.05) is 13.1 Å². The number of aromatic nitrogens is 1. The molecular weight excluding hydrogens is 275 g/mol. The van der Waals surface area contributed by atoms with Crippen molar-refractivity contribution in [3.8, 4) is 0 Å². The first kappa shape index (κ1) is 15.2. The quantitative estimate of drug-likeness (QED) is 0.868. The lowest BCUT2D eigenvalue weighted by molar-refractivity contribution is 0.0314. The second kappa shape index (κ2) is 5.87. The number of pyridine rings is 1. The molecule has 0 aromatic carbocycles. The Balaban J connectivity index is 2.97. The molecule has 0 atom stereocenters. The fraction of sp³-hybridized carbons (Fsp3) is 0.500. The van der Waals surface area contributed by atoms with Gasteiger partial charge in [0.2, 0.25) is 0 Å². The summed E-state index contributed by atoms with van der Waals surface area (Å²) >= 11 is 11.6. The molecule has 0 aliphatic heterocycles. The van der Waals surface area contributed by atoms with Crippen LogP contribution in [0.1, 0.15) is 31.1 Å². The largest absolute Gasteiger partial charge is 0.389 e. The average molecular weight is 291 g/mol. The van der Waals surface area contributed by atoms with Crippen LogP contribution in [0.25, 0.3) is 0 Å². The van der Waals surface area contributed by atoms with E-state index in [0.29, 0.717) is 6.54 Å². The lowest BCUT2D eigenvalue weighted by Crippen LogP contribution is -2.42. The van der Waals surface area contributed by atoms with Crippen molar-refractivity contribution >= 4 is 29.1 Å². The number of halogens is 2. The van der Waals surface area contributed by atoms with E-state index >= 15 is 0 Å². The highest BCUT2D eigenvalue weighted by Crippen LogP contribution is 2.19. The van der Waals surface area contributed by atoms with Gasteiger partial charge in [-0.3, -0.25) is 4.79 Å². The third-order valence-electron chi connectivity index (χ3n) is 2.29. The minimum absolute atomic E-state index is 0.0710. The molecule has 1 rings (SSSR count). The minimum atomic E-state index is -0.960. The zero-order valence-corrected chi connectivity index (χ0v) is 12.1. The van der Waals surface area contributed by atoms with Gasteiger partial charge in [-0.2, -0.15) is 0 Å². The summed E-state index contributed by atoms with van der Waals surface area (Å²) in [5.74, 6) is -0.270. The van der Waals surface area contributed by atoms with Crippen LogP contribution in [0.5, 0.6) is 0 Å². The number of nitrogens with zero attached hydrogens (tertiary/aromatic N) is 2. The molecule has 0 radical (unpaired) electrons. The number of amides is 1. The van der Waals surface area contributed by atoms with Crippen LogP contribution in [-0.4, -0.2) is 39.6 Å². The molecule has 0 saturated heterocycles. The normalized spacial score (nSPS) is 11.4. The maximum absolute atomic E-state index is 12.2. The van der Waals surface area contributed by atoms with E-state index in [1.165, 1.54) is 17.0 Å². The van der Waals surface area contributed by atoms with Crippen molar-refractivity contribution in [2.24, 2.45) is 0 Å². The first-order valence-electron chi connectivity index (χ1n) is 5.58. The molecule has 0 saturated carbocycles. The Morgan fingerprint density at radius 1 is 1.44 bits per heavy atom. The van der Waals surface area contributed by atoms with Gasteiger partial charge in [0.1, 0.15) is 10.3 Å². The molecule has 0 bridgehead atoms. The van der Waals surface area contributed by atoms with Crippen molar-refractivity contribution in [2.45, 2.75) is 26.4 Å². The molecule has 100 valence electrons. The van der Waals surface area contributed by atoms with Gasteiger partial charge < -0.3 is 10.0 Å². The number of hydrogen-bond donors (Lipinski definition) is 1. The molecule has 0 aliphatic rings. The van der Waals surface area contributed by atoms with Crippen LogP contribution in [0.15, 0.2) is 12.1 Å². The Bertz CT molecular complexity index is 444. The van der Waals surface area contributed by atoms with Crippen LogP contribution in [0.3, 0.4) is 0 Å². The molecule has 1 aromatic heterocycles. The number of aliphatic hydroxyl groups is 1. The molecule has 4 nitrogen and oxygen atoms in total. The lowest BCUT2D eigenvalue weighted by atomic mass is 10.1. The molecule has 0 fully saturated rings. The summed E-state index contributed by atoms with van der Waals surface area (Å²) in [5.41, 5.74) is -0.676. The van der Waals surface area contributed by atoms with E-state index in [1.54, 1.807) is 13.8 Å². The SMILES string of the molecule is CCN(CC(C)(C)O)C(=O)c1ccc(Cl)nc1Cl. The van der Waals surface area contributed by atoms with E-state index in [9.17, 15) is 9.90 Å². The number of carbonyl (C=O) groups excluding carboxylic acids is 1. The van der Waals surface area contributed by atoms with Crippen LogP contribution < -0.4 is 0 Å². The van der Waals surface area contributed by atoms with Crippen LogP contribution in [-0.2, 0) is 0 Å². The maximum atomic E-state index is 12.2. The monoisotopic (exact) mass is 290 g/mol. The second-order valence-electron chi connectivity index (χ2n) is 4.60.